The summed E-state index contributed by atoms with van der Waals surface area (Å²) in [6.45, 7) is 2.09. The highest BCUT2D eigenvalue weighted by Gasteiger charge is 2.10. The van der Waals surface area contributed by atoms with Gasteiger partial charge in [-0.25, -0.2) is 4.98 Å². The summed E-state index contributed by atoms with van der Waals surface area (Å²) in [7, 11) is 0. The number of thiazole rings is 1. The molecule has 0 bridgehead atoms. The molecule has 0 aliphatic carbocycles. The number of hydrogen-bond acceptors (Lipinski definition) is 5. The number of hydrogen-bond donors (Lipinski definition) is 1. The van der Waals surface area contributed by atoms with Crippen molar-refractivity contribution in [3.63, 3.8) is 0 Å². The molecule has 1 aromatic heterocycles. The van der Waals surface area contributed by atoms with Crippen LogP contribution in [0.1, 0.15) is 18.1 Å². The number of carbonyl (C=O) groups is 1. The van der Waals surface area contributed by atoms with Gasteiger partial charge in [-0.15, -0.1) is 0 Å². The topological polar surface area (TPSA) is 85.1 Å². The molecule has 0 saturated carbocycles. The van der Waals surface area contributed by atoms with Crippen molar-refractivity contribution in [3.05, 3.63) is 63.7 Å². The van der Waals surface area contributed by atoms with E-state index in [4.69, 9.17) is 0 Å². The van der Waals surface area contributed by atoms with E-state index in [9.17, 15) is 14.9 Å². The van der Waals surface area contributed by atoms with Gasteiger partial charge in [0.05, 0.1) is 21.6 Å². The zero-order valence-electron chi connectivity index (χ0n) is 13.0. The van der Waals surface area contributed by atoms with Crippen LogP contribution in [-0.2, 0) is 17.6 Å². The molecular formula is C17H15N3O3S. The third-order valence-electron chi connectivity index (χ3n) is 3.62. The van der Waals surface area contributed by atoms with Gasteiger partial charge in [0.15, 0.2) is 5.13 Å². The van der Waals surface area contributed by atoms with Gasteiger partial charge in [-0.3, -0.25) is 14.9 Å². The Morgan fingerprint density at radius 3 is 2.58 bits per heavy atom. The van der Waals surface area contributed by atoms with Gasteiger partial charge in [0, 0.05) is 12.1 Å². The number of rotatable bonds is 5. The second-order valence-electron chi connectivity index (χ2n) is 5.32. The first-order valence-electron chi connectivity index (χ1n) is 7.48. The van der Waals surface area contributed by atoms with E-state index in [0.29, 0.717) is 10.7 Å². The van der Waals surface area contributed by atoms with Crippen molar-refractivity contribution in [2.45, 2.75) is 19.8 Å². The van der Waals surface area contributed by atoms with Crippen molar-refractivity contribution >= 4 is 38.3 Å². The molecular weight excluding hydrogens is 326 g/mol. The van der Waals surface area contributed by atoms with E-state index in [0.717, 1.165) is 16.6 Å². The molecule has 0 aliphatic rings. The van der Waals surface area contributed by atoms with Crippen molar-refractivity contribution in [1.29, 1.82) is 0 Å². The lowest BCUT2D eigenvalue weighted by atomic mass is 10.1. The van der Waals surface area contributed by atoms with Crippen LogP contribution in [0, 0.1) is 10.1 Å². The van der Waals surface area contributed by atoms with Gasteiger partial charge in [0.25, 0.3) is 5.69 Å². The number of benzene rings is 2. The van der Waals surface area contributed by atoms with E-state index >= 15 is 0 Å². The molecule has 1 heterocycles. The Labute approximate surface area is 142 Å². The van der Waals surface area contributed by atoms with Crippen LogP contribution in [0.4, 0.5) is 10.8 Å². The molecule has 0 spiro atoms. The highest BCUT2D eigenvalue weighted by atomic mass is 32.1. The first-order chi connectivity index (χ1) is 11.5. The SMILES string of the molecule is CCc1ccc2nc(NC(=O)Cc3ccc([N+](=O)[O-])cc3)sc2c1. The Kier molecular flexibility index (Phi) is 4.52. The fourth-order valence-corrected chi connectivity index (χ4v) is 3.27. The molecule has 3 aromatic rings. The van der Waals surface area contributed by atoms with Gasteiger partial charge in [-0.2, -0.15) is 0 Å². The predicted octanol–water partition coefficient (Wildman–Crippen LogP) is 3.95. The summed E-state index contributed by atoms with van der Waals surface area (Å²) in [6, 6.07) is 12.0. The molecule has 122 valence electrons. The van der Waals surface area contributed by atoms with Gasteiger partial charge < -0.3 is 5.32 Å². The summed E-state index contributed by atoms with van der Waals surface area (Å²) in [5.41, 5.74) is 2.82. The maximum absolute atomic E-state index is 12.1. The van der Waals surface area contributed by atoms with Crippen LogP contribution in [0.15, 0.2) is 42.5 Å². The molecule has 0 radical (unpaired) electrons. The summed E-state index contributed by atoms with van der Waals surface area (Å²) in [5, 5.41) is 14.0. The Hall–Kier alpha value is -2.80. The highest BCUT2D eigenvalue weighted by Crippen LogP contribution is 2.27. The van der Waals surface area contributed by atoms with Crippen LogP contribution in [0.3, 0.4) is 0 Å². The molecule has 3 rings (SSSR count). The summed E-state index contributed by atoms with van der Waals surface area (Å²) in [6.07, 6.45) is 1.10. The molecule has 0 saturated heterocycles. The number of non-ortho nitro benzene ring substituents is 1. The van der Waals surface area contributed by atoms with Crippen molar-refractivity contribution in [2.75, 3.05) is 5.32 Å². The fraction of sp³-hybridized carbons (Fsp3) is 0.176. The van der Waals surface area contributed by atoms with E-state index in [1.54, 1.807) is 12.1 Å². The second-order valence-corrected chi connectivity index (χ2v) is 6.35. The maximum atomic E-state index is 12.1. The summed E-state index contributed by atoms with van der Waals surface area (Å²) in [4.78, 5) is 26.7. The molecule has 7 heteroatoms. The number of nitrogens with zero attached hydrogens (tertiary/aromatic N) is 2. The number of carbonyl (C=O) groups excluding carboxylic acids is 1. The molecule has 0 atom stereocenters. The monoisotopic (exact) mass is 341 g/mol. The van der Waals surface area contributed by atoms with Gasteiger partial charge in [-0.05, 0) is 29.7 Å². The lowest BCUT2D eigenvalue weighted by Gasteiger charge is -2.01. The molecule has 1 amide bonds. The largest absolute Gasteiger partial charge is 0.302 e. The third-order valence-corrected chi connectivity index (χ3v) is 4.55. The van der Waals surface area contributed by atoms with Crippen LogP contribution in [0.5, 0.6) is 0 Å². The van der Waals surface area contributed by atoms with E-state index in [1.165, 1.54) is 29.0 Å². The number of nitrogens with one attached hydrogen (secondary N) is 1. The van der Waals surface area contributed by atoms with Gasteiger partial charge in [-0.1, -0.05) is 36.5 Å². The lowest BCUT2D eigenvalue weighted by Crippen LogP contribution is -2.14. The minimum Gasteiger partial charge on any atom is -0.302 e. The lowest BCUT2D eigenvalue weighted by molar-refractivity contribution is -0.384. The predicted molar refractivity (Wildman–Crippen MR) is 94.4 cm³/mol. The normalized spacial score (nSPS) is 10.7. The Balaban J connectivity index is 1.69. The highest BCUT2D eigenvalue weighted by molar-refractivity contribution is 7.22. The maximum Gasteiger partial charge on any atom is 0.269 e. The van der Waals surface area contributed by atoms with E-state index in [-0.39, 0.29) is 18.0 Å². The van der Waals surface area contributed by atoms with Crippen molar-refractivity contribution < 1.29 is 9.72 Å². The molecule has 0 unspecified atom stereocenters. The number of nitro groups is 1. The molecule has 0 fully saturated rings. The summed E-state index contributed by atoms with van der Waals surface area (Å²) < 4.78 is 1.04. The van der Waals surface area contributed by atoms with Gasteiger partial charge >= 0.3 is 0 Å². The number of aromatic nitrogens is 1. The van der Waals surface area contributed by atoms with Crippen molar-refractivity contribution in [3.8, 4) is 0 Å². The average Bonchev–Trinajstić information content (AvgIpc) is 2.96. The van der Waals surface area contributed by atoms with E-state index in [1.807, 2.05) is 12.1 Å². The average molecular weight is 341 g/mol. The molecule has 6 nitrogen and oxygen atoms in total. The standard InChI is InChI=1S/C17H15N3O3S/c1-2-11-5-8-14-15(9-11)24-17(18-14)19-16(21)10-12-3-6-13(7-4-12)20(22)23/h3-9H,2,10H2,1H3,(H,18,19,21). The molecule has 0 aliphatic heterocycles. The number of anilines is 1. The number of aryl methyl sites for hydroxylation is 1. The third kappa shape index (κ3) is 3.57. The zero-order valence-corrected chi connectivity index (χ0v) is 13.8. The van der Waals surface area contributed by atoms with E-state index < -0.39 is 4.92 Å². The van der Waals surface area contributed by atoms with Crippen molar-refractivity contribution in [1.82, 2.24) is 4.98 Å². The number of nitro benzene ring substituents is 1. The van der Waals surface area contributed by atoms with Gasteiger partial charge in [0.1, 0.15) is 0 Å². The molecule has 2 aromatic carbocycles. The zero-order chi connectivity index (χ0) is 17.1. The summed E-state index contributed by atoms with van der Waals surface area (Å²) >= 11 is 1.44. The quantitative estimate of drug-likeness (QED) is 0.562. The Morgan fingerprint density at radius 2 is 1.92 bits per heavy atom. The van der Waals surface area contributed by atoms with Gasteiger partial charge in [0.2, 0.25) is 5.91 Å². The molecule has 24 heavy (non-hydrogen) atoms. The Morgan fingerprint density at radius 1 is 1.21 bits per heavy atom. The minimum absolute atomic E-state index is 0.0112. The van der Waals surface area contributed by atoms with Crippen LogP contribution >= 0.6 is 11.3 Å². The smallest absolute Gasteiger partial charge is 0.269 e. The van der Waals surface area contributed by atoms with Crippen LogP contribution in [0.2, 0.25) is 0 Å². The number of amides is 1. The second kappa shape index (κ2) is 6.76. The first kappa shape index (κ1) is 16.1. The van der Waals surface area contributed by atoms with Crippen LogP contribution < -0.4 is 5.32 Å². The van der Waals surface area contributed by atoms with Crippen LogP contribution in [0.25, 0.3) is 10.2 Å². The number of fused-ring (bicyclic) bond motifs is 1. The van der Waals surface area contributed by atoms with Crippen molar-refractivity contribution in [2.24, 2.45) is 0 Å². The first-order valence-corrected chi connectivity index (χ1v) is 8.29. The summed E-state index contributed by atoms with van der Waals surface area (Å²) in [5.74, 6) is -0.196. The Bertz CT molecular complexity index is 903. The van der Waals surface area contributed by atoms with Crippen LogP contribution in [-0.4, -0.2) is 15.8 Å². The van der Waals surface area contributed by atoms with E-state index in [2.05, 4.69) is 23.3 Å². The fourth-order valence-electron chi connectivity index (χ4n) is 2.33. The minimum atomic E-state index is -0.463. The molecule has 1 N–H and O–H groups in total.